The molecule has 1 saturated heterocycles. The first-order valence-electron chi connectivity index (χ1n) is 10.0. The maximum Gasteiger partial charge on any atom is 0.306 e. The lowest BCUT2D eigenvalue weighted by molar-refractivity contribution is -0.165. The van der Waals surface area contributed by atoms with Crippen molar-refractivity contribution >= 4 is 11.8 Å². The van der Waals surface area contributed by atoms with Crippen molar-refractivity contribution in [1.29, 1.82) is 0 Å². The summed E-state index contributed by atoms with van der Waals surface area (Å²) in [5, 5.41) is 0. The maximum atomic E-state index is 11.9. The summed E-state index contributed by atoms with van der Waals surface area (Å²) in [5.74, 6) is 2.08. The molecule has 5 rings (SSSR count). The summed E-state index contributed by atoms with van der Waals surface area (Å²) < 4.78 is 5.99. The van der Waals surface area contributed by atoms with Gasteiger partial charge in [-0.15, -0.1) is 0 Å². The third-order valence-corrected chi connectivity index (χ3v) is 8.85. The molecule has 6 atom stereocenters. The number of ketones is 1. The molecule has 3 fully saturated rings. The van der Waals surface area contributed by atoms with Crippen LogP contribution in [0.3, 0.4) is 0 Å². The first kappa shape index (κ1) is 15.8. The molecule has 5 aliphatic rings. The van der Waals surface area contributed by atoms with Crippen LogP contribution in [-0.2, 0) is 14.3 Å². The Hall–Kier alpha value is -1.38. The molecule has 0 aromatic heterocycles. The quantitative estimate of drug-likeness (QED) is 0.615. The van der Waals surface area contributed by atoms with E-state index in [0.717, 1.165) is 25.7 Å². The second kappa shape index (κ2) is 4.86. The van der Waals surface area contributed by atoms with Crippen LogP contribution >= 0.6 is 0 Å². The second-order valence-corrected chi connectivity index (χ2v) is 9.60. The number of esters is 1. The van der Waals surface area contributed by atoms with Gasteiger partial charge in [-0.2, -0.15) is 0 Å². The molecular weight excluding hydrogens is 312 g/mol. The highest BCUT2D eigenvalue weighted by molar-refractivity contribution is 5.92. The van der Waals surface area contributed by atoms with E-state index in [1.807, 2.05) is 6.08 Å². The lowest BCUT2D eigenvalue weighted by atomic mass is 9.48. The van der Waals surface area contributed by atoms with E-state index >= 15 is 0 Å². The first-order valence-corrected chi connectivity index (χ1v) is 10.0. The standard InChI is InChI=1S/C22H28O3/c1-20-9-5-15(23)13-14(20)3-4-16-17(20)6-10-21(2)18(16)7-11-22(21)12-8-19(24)25-22/h3-4,13,16-18H,5-12H2,1-2H3/t16-,17+,18+,20+,21+,22-/m0/s1. The molecular formula is C22H28O3. The molecule has 0 radical (unpaired) electrons. The van der Waals surface area contributed by atoms with Gasteiger partial charge in [-0.1, -0.05) is 26.0 Å². The van der Waals surface area contributed by atoms with Gasteiger partial charge in [0.25, 0.3) is 0 Å². The predicted octanol–water partition coefficient (Wildman–Crippen LogP) is 4.37. The Balaban J connectivity index is 1.53. The minimum Gasteiger partial charge on any atom is -0.458 e. The predicted molar refractivity (Wildman–Crippen MR) is 94.7 cm³/mol. The van der Waals surface area contributed by atoms with Gasteiger partial charge in [0.2, 0.25) is 0 Å². The molecule has 3 heteroatoms. The Labute approximate surface area is 149 Å². The normalized spacial score (nSPS) is 51.0. The molecule has 134 valence electrons. The van der Waals surface area contributed by atoms with Gasteiger partial charge in [-0.25, -0.2) is 0 Å². The molecule has 2 saturated carbocycles. The fraction of sp³-hybridized carbons (Fsp3) is 0.727. The topological polar surface area (TPSA) is 43.4 Å². The van der Waals surface area contributed by atoms with Crippen LogP contribution in [0, 0.1) is 28.6 Å². The van der Waals surface area contributed by atoms with Crippen LogP contribution in [0.1, 0.15) is 65.2 Å². The summed E-state index contributed by atoms with van der Waals surface area (Å²) in [4.78, 5) is 23.8. The fourth-order valence-electron chi connectivity index (χ4n) is 7.29. The fourth-order valence-corrected chi connectivity index (χ4v) is 7.29. The zero-order chi connectivity index (χ0) is 17.4. The van der Waals surface area contributed by atoms with Crippen molar-refractivity contribution in [3.8, 4) is 0 Å². The minimum atomic E-state index is -0.201. The lowest BCUT2D eigenvalue weighted by Crippen LogP contribution is -2.53. The average molecular weight is 340 g/mol. The largest absolute Gasteiger partial charge is 0.458 e. The highest BCUT2D eigenvalue weighted by atomic mass is 16.6. The smallest absolute Gasteiger partial charge is 0.306 e. The highest BCUT2D eigenvalue weighted by Crippen LogP contribution is 2.68. The van der Waals surface area contributed by atoms with Crippen molar-refractivity contribution in [2.75, 3.05) is 0 Å². The highest BCUT2D eigenvalue weighted by Gasteiger charge is 2.66. The van der Waals surface area contributed by atoms with Gasteiger partial charge in [0.1, 0.15) is 5.60 Å². The molecule has 0 unspecified atom stereocenters. The van der Waals surface area contributed by atoms with Crippen LogP contribution in [0.4, 0.5) is 0 Å². The van der Waals surface area contributed by atoms with Gasteiger partial charge >= 0.3 is 5.97 Å². The van der Waals surface area contributed by atoms with Crippen molar-refractivity contribution in [2.45, 2.75) is 70.8 Å². The Bertz CT molecular complexity index is 719. The van der Waals surface area contributed by atoms with E-state index in [2.05, 4.69) is 26.0 Å². The van der Waals surface area contributed by atoms with Gasteiger partial charge in [-0.05, 0) is 73.3 Å². The van der Waals surface area contributed by atoms with Gasteiger partial charge < -0.3 is 4.74 Å². The van der Waals surface area contributed by atoms with Crippen molar-refractivity contribution in [1.82, 2.24) is 0 Å². The number of carbonyl (C=O) groups excluding carboxylic acids is 2. The third kappa shape index (κ3) is 1.88. The zero-order valence-corrected chi connectivity index (χ0v) is 15.3. The number of allylic oxidation sites excluding steroid dienone is 4. The van der Waals surface area contributed by atoms with Crippen molar-refractivity contribution < 1.29 is 14.3 Å². The monoisotopic (exact) mass is 340 g/mol. The van der Waals surface area contributed by atoms with E-state index in [9.17, 15) is 9.59 Å². The minimum absolute atomic E-state index is 0.00570. The maximum absolute atomic E-state index is 11.9. The molecule has 4 aliphatic carbocycles. The summed E-state index contributed by atoms with van der Waals surface area (Å²) >= 11 is 0. The number of hydrogen-bond donors (Lipinski definition) is 0. The van der Waals surface area contributed by atoms with E-state index in [1.54, 1.807) is 0 Å². The Morgan fingerprint density at radius 2 is 1.80 bits per heavy atom. The first-order chi connectivity index (χ1) is 11.9. The van der Waals surface area contributed by atoms with Gasteiger partial charge in [0.15, 0.2) is 5.78 Å². The molecule has 0 bridgehead atoms. The summed E-state index contributed by atoms with van der Waals surface area (Å²) in [6, 6.07) is 0. The Kier molecular flexibility index (Phi) is 3.08. The summed E-state index contributed by atoms with van der Waals surface area (Å²) in [6.07, 6.45) is 14.3. The molecule has 0 aromatic rings. The average Bonchev–Trinajstić information content (AvgIpc) is 3.10. The second-order valence-electron chi connectivity index (χ2n) is 9.60. The van der Waals surface area contributed by atoms with Crippen LogP contribution < -0.4 is 0 Å². The van der Waals surface area contributed by atoms with Crippen LogP contribution in [0.15, 0.2) is 23.8 Å². The molecule has 3 nitrogen and oxygen atoms in total. The SMILES string of the molecule is C[C@@]12CCC(=O)C=C1C=C[C@H]1[C@H]2CC[C@]2(C)[C@@H]1CC[C@]21CCC(=O)O1. The lowest BCUT2D eigenvalue weighted by Gasteiger charge is -2.57. The van der Waals surface area contributed by atoms with Crippen molar-refractivity contribution in [2.24, 2.45) is 28.6 Å². The number of carbonyl (C=O) groups is 2. The van der Waals surface area contributed by atoms with Crippen LogP contribution in [-0.4, -0.2) is 17.4 Å². The molecule has 0 N–H and O–H groups in total. The number of rotatable bonds is 0. The van der Waals surface area contributed by atoms with E-state index < -0.39 is 0 Å². The van der Waals surface area contributed by atoms with Gasteiger partial charge in [0, 0.05) is 18.3 Å². The molecule has 1 aliphatic heterocycles. The zero-order valence-electron chi connectivity index (χ0n) is 15.3. The Morgan fingerprint density at radius 3 is 2.56 bits per heavy atom. The number of hydrogen-bond acceptors (Lipinski definition) is 3. The van der Waals surface area contributed by atoms with Crippen LogP contribution in [0.25, 0.3) is 0 Å². The molecule has 0 amide bonds. The third-order valence-electron chi connectivity index (χ3n) is 8.85. The van der Waals surface area contributed by atoms with E-state index in [4.69, 9.17) is 4.74 Å². The summed E-state index contributed by atoms with van der Waals surface area (Å²) in [6.45, 7) is 4.78. The van der Waals surface area contributed by atoms with Gasteiger partial charge in [0.05, 0.1) is 0 Å². The molecule has 1 heterocycles. The van der Waals surface area contributed by atoms with Gasteiger partial charge in [-0.3, -0.25) is 9.59 Å². The summed E-state index contributed by atoms with van der Waals surface area (Å²) in [5.41, 5.74) is 1.32. The van der Waals surface area contributed by atoms with Crippen LogP contribution in [0.5, 0.6) is 0 Å². The number of ether oxygens (including phenoxy) is 1. The van der Waals surface area contributed by atoms with E-state index in [0.29, 0.717) is 30.6 Å². The molecule has 1 spiro atoms. The van der Waals surface area contributed by atoms with Crippen LogP contribution in [0.2, 0.25) is 0 Å². The summed E-state index contributed by atoms with van der Waals surface area (Å²) in [7, 11) is 0. The van der Waals surface area contributed by atoms with E-state index in [-0.39, 0.29) is 28.2 Å². The Morgan fingerprint density at radius 1 is 1.00 bits per heavy atom. The van der Waals surface area contributed by atoms with Crippen molar-refractivity contribution in [3.63, 3.8) is 0 Å². The molecule has 25 heavy (non-hydrogen) atoms. The molecule has 0 aromatic carbocycles. The van der Waals surface area contributed by atoms with Crippen molar-refractivity contribution in [3.05, 3.63) is 23.8 Å². The number of fused-ring (bicyclic) bond motifs is 6. The van der Waals surface area contributed by atoms with E-state index in [1.165, 1.54) is 18.4 Å².